The largest absolute Gasteiger partial charge is 0.507 e. The lowest BCUT2D eigenvalue weighted by Gasteiger charge is -2.11. The minimum atomic E-state index is -0.522. The number of benzene rings is 5. The SMILES string of the molecule is N#Cc1cc(C(=O)NN=Cc2ccc(NC(=O)Cc3ccc(OCc4ccccc4)cc3)c3ccccc23)ccc1O. The van der Waals surface area contributed by atoms with Crippen LogP contribution in [0.3, 0.4) is 0 Å². The molecule has 5 aromatic rings. The number of aromatic hydroxyl groups is 1. The highest BCUT2D eigenvalue weighted by molar-refractivity contribution is 6.08. The number of fused-ring (bicyclic) bond motifs is 1. The third-order valence-corrected chi connectivity index (χ3v) is 6.52. The Labute approximate surface area is 242 Å². The molecule has 0 fully saturated rings. The summed E-state index contributed by atoms with van der Waals surface area (Å²) in [5, 5.41) is 27.4. The van der Waals surface area contributed by atoms with E-state index in [2.05, 4.69) is 15.8 Å². The number of anilines is 1. The highest BCUT2D eigenvalue weighted by atomic mass is 16.5. The molecule has 3 N–H and O–H groups in total. The maximum atomic E-state index is 12.9. The van der Waals surface area contributed by atoms with Crippen LogP contribution in [-0.2, 0) is 17.8 Å². The summed E-state index contributed by atoms with van der Waals surface area (Å²) in [6, 6.07) is 34.4. The molecule has 0 heterocycles. The summed E-state index contributed by atoms with van der Waals surface area (Å²) in [5.74, 6) is -0.139. The smallest absolute Gasteiger partial charge is 0.271 e. The van der Waals surface area contributed by atoms with Crippen LogP contribution in [0.4, 0.5) is 5.69 Å². The average Bonchev–Trinajstić information content (AvgIpc) is 3.02. The fourth-order valence-electron chi connectivity index (χ4n) is 4.36. The number of hydrazone groups is 1. The number of amides is 2. The lowest BCUT2D eigenvalue weighted by molar-refractivity contribution is -0.115. The van der Waals surface area contributed by atoms with E-state index in [0.717, 1.165) is 33.2 Å². The Bertz CT molecular complexity index is 1810. The number of ether oxygens (including phenoxy) is 1. The van der Waals surface area contributed by atoms with E-state index in [0.29, 0.717) is 12.3 Å². The van der Waals surface area contributed by atoms with Crippen molar-refractivity contribution in [2.45, 2.75) is 13.0 Å². The van der Waals surface area contributed by atoms with E-state index in [-0.39, 0.29) is 29.2 Å². The molecule has 2 amide bonds. The zero-order valence-corrected chi connectivity index (χ0v) is 22.5. The number of rotatable bonds is 9. The van der Waals surface area contributed by atoms with Crippen LogP contribution in [0.25, 0.3) is 10.8 Å². The normalized spacial score (nSPS) is 10.7. The van der Waals surface area contributed by atoms with Crippen molar-refractivity contribution in [2.24, 2.45) is 5.10 Å². The molecule has 0 atom stereocenters. The van der Waals surface area contributed by atoms with E-state index in [1.165, 1.54) is 24.4 Å². The third kappa shape index (κ3) is 6.79. The molecular formula is C34H26N4O4. The van der Waals surface area contributed by atoms with Crippen molar-refractivity contribution in [3.05, 3.63) is 137 Å². The fraction of sp³-hybridized carbons (Fsp3) is 0.0588. The molecule has 0 spiro atoms. The molecule has 5 rings (SSSR count). The zero-order chi connectivity index (χ0) is 29.3. The number of carbonyl (C=O) groups is 2. The highest BCUT2D eigenvalue weighted by Crippen LogP contribution is 2.26. The molecule has 8 heteroatoms. The van der Waals surface area contributed by atoms with Gasteiger partial charge in [0.05, 0.1) is 18.2 Å². The summed E-state index contributed by atoms with van der Waals surface area (Å²) in [5.41, 5.74) is 5.97. The van der Waals surface area contributed by atoms with Gasteiger partial charge in [-0.25, -0.2) is 5.43 Å². The Morgan fingerprint density at radius 2 is 1.60 bits per heavy atom. The highest BCUT2D eigenvalue weighted by Gasteiger charge is 2.11. The van der Waals surface area contributed by atoms with Gasteiger partial charge in [-0.1, -0.05) is 72.8 Å². The second-order valence-electron chi connectivity index (χ2n) is 9.43. The molecule has 206 valence electrons. The minimum absolute atomic E-state index is 0.000117. The molecule has 0 aliphatic heterocycles. The summed E-state index contributed by atoms with van der Waals surface area (Å²) in [6.07, 6.45) is 1.71. The summed E-state index contributed by atoms with van der Waals surface area (Å²) in [6.45, 7) is 0.475. The van der Waals surface area contributed by atoms with Crippen LogP contribution in [0.15, 0.2) is 114 Å². The summed E-state index contributed by atoms with van der Waals surface area (Å²) >= 11 is 0. The van der Waals surface area contributed by atoms with Crippen LogP contribution in [0.2, 0.25) is 0 Å². The maximum absolute atomic E-state index is 12.9. The standard InChI is InChI=1S/C34H26N4O4/c35-20-27-19-25(13-17-32(27)39)34(41)38-36-21-26-12-16-31(30-9-5-4-8-29(26)30)37-33(40)18-23-10-14-28(15-11-23)42-22-24-6-2-1-3-7-24/h1-17,19,21,39H,18,22H2,(H,37,40)(H,38,41). The lowest BCUT2D eigenvalue weighted by Crippen LogP contribution is -2.17. The first-order valence-corrected chi connectivity index (χ1v) is 13.1. The van der Waals surface area contributed by atoms with Crippen LogP contribution in [0.5, 0.6) is 11.5 Å². The monoisotopic (exact) mass is 554 g/mol. The van der Waals surface area contributed by atoms with Crippen molar-refractivity contribution in [1.82, 2.24) is 5.43 Å². The molecule has 8 nitrogen and oxygen atoms in total. The molecule has 42 heavy (non-hydrogen) atoms. The van der Waals surface area contributed by atoms with E-state index < -0.39 is 5.91 Å². The molecule has 0 saturated heterocycles. The van der Waals surface area contributed by atoms with Gasteiger partial charge in [-0.2, -0.15) is 10.4 Å². The van der Waals surface area contributed by atoms with Crippen LogP contribution in [-0.4, -0.2) is 23.1 Å². The minimum Gasteiger partial charge on any atom is -0.507 e. The van der Waals surface area contributed by atoms with E-state index in [1.54, 1.807) is 12.1 Å². The second kappa shape index (κ2) is 12.9. The number of nitriles is 1. The van der Waals surface area contributed by atoms with Gasteiger partial charge in [0.1, 0.15) is 24.2 Å². The van der Waals surface area contributed by atoms with Crippen LogP contribution in [0, 0.1) is 11.3 Å². The van der Waals surface area contributed by atoms with Gasteiger partial charge in [0, 0.05) is 22.2 Å². The topological polar surface area (TPSA) is 124 Å². The van der Waals surface area contributed by atoms with E-state index in [1.807, 2.05) is 84.9 Å². The first kappa shape index (κ1) is 27.6. The number of hydrogen-bond acceptors (Lipinski definition) is 6. The fourth-order valence-corrected chi connectivity index (χ4v) is 4.36. The molecule has 0 aliphatic rings. The van der Waals surface area contributed by atoms with Gasteiger partial charge < -0.3 is 15.2 Å². The Kier molecular flexibility index (Phi) is 8.51. The average molecular weight is 555 g/mol. The molecule has 5 aromatic carbocycles. The van der Waals surface area contributed by atoms with Gasteiger partial charge in [-0.05, 0) is 52.9 Å². The first-order chi connectivity index (χ1) is 20.5. The number of hydrogen-bond donors (Lipinski definition) is 3. The maximum Gasteiger partial charge on any atom is 0.271 e. The number of nitrogens with one attached hydrogen (secondary N) is 2. The molecule has 0 bridgehead atoms. The van der Waals surface area contributed by atoms with E-state index in [4.69, 9.17) is 10.00 Å². The van der Waals surface area contributed by atoms with Crippen molar-refractivity contribution >= 4 is 34.5 Å². The molecule has 0 saturated carbocycles. The Hall–Kier alpha value is -5.94. The molecule has 0 aliphatic carbocycles. The molecule has 0 aromatic heterocycles. The third-order valence-electron chi connectivity index (χ3n) is 6.52. The van der Waals surface area contributed by atoms with E-state index >= 15 is 0 Å². The number of nitrogens with zero attached hydrogens (tertiary/aromatic N) is 2. The summed E-state index contributed by atoms with van der Waals surface area (Å²) in [4.78, 5) is 25.3. The van der Waals surface area contributed by atoms with Crippen LogP contribution < -0.4 is 15.5 Å². The summed E-state index contributed by atoms with van der Waals surface area (Å²) in [7, 11) is 0. The lowest BCUT2D eigenvalue weighted by atomic mass is 10.0. The van der Waals surface area contributed by atoms with Crippen LogP contribution >= 0.6 is 0 Å². The van der Waals surface area contributed by atoms with Gasteiger partial charge in [0.25, 0.3) is 5.91 Å². The Balaban J connectivity index is 1.22. The van der Waals surface area contributed by atoms with Gasteiger partial charge in [0.15, 0.2) is 0 Å². The molecular weight excluding hydrogens is 528 g/mol. The predicted octanol–water partition coefficient (Wildman–Crippen LogP) is 5.94. The quantitative estimate of drug-likeness (QED) is 0.154. The van der Waals surface area contributed by atoms with Crippen molar-refractivity contribution < 1.29 is 19.4 Å². The van der Waals surface area contributed by atoms with Crippen molar-refractivity contribution in [2.75, 3.05) is 5.32 Å². The van der Waals surface area contributed by atoms with Gasteiger partial charge in [0.2, 0.25) is 5.91 Å². The zero-order valence-electron chi connectivity index (χ0n) is 22.5. The predicted molar refractivity (Wildman–Crippen MR) is 161 cm³/mol. The van der Waals surface area contributed by atoms with Gasteiger partial charge in [-0.15, -0.1) is 0 Å². The number of phenols is 1. The number of carbonyl (C=O) groups excluding carboxylic acids is 2. The summed E-state index contributed by atoms with van der Waals surface area (Å²) < 4.78 is 5.83. The Morgan fingerprint density at radius 3 is 2.36 bits per heavy atom. The van der Waals surface area contributed by atoms with Crippen molar-refractivity contribution in [3.8, 4) is 17.6 Å². The van der Waals surface area contributed by atoms with Gasteiger partial charge >= 0.3 is 0 Å². The first-order valence-electron chi connectivity index (χ1n) is 13.1. The second-order valence-corrected chi connectivity index (χ2v) is 9.43. The van der Waals surface area contributed by atoms with Gasteiger partial charge in [-0.3, -0.25) is 9.59 Å². The van der Waals surface area contributed by atoms with Crippen LogP contribution in [0.1, 0.15) is 32.6 Å². The number of phenolic OH excluding ortho intramolecular Hbond substituents is 1. The molecule has 0 radical (unpaired) electrons. The Morgan fingerprint density at radius 1 is 0.857 bits per heavy atom. The van der Waals surface area contributed by atoms with Crippen molar-refractivity contribution in [1.29, 1.82) is 5.26 Å². The van der Waals surface area contributed by atoms with Crippen molar-refractivity contribution in [3.63, 3.8) is 0 Å². The molecule has 0 unspecified atom stereocenters. The van der Waals surface area contributed by atoms with E-state index in [9.17, 15) is 14.7 Å².